The first kappa shape index (κ1) is 9.25. The molecule has 1 fully saturated rings. The second-order valence-corrected chi connectivity index (χ2v) is 3.92. The smallest absolute Gasteiger partial charge is 0.129 e. The zero-order valence-electron chi connectivity index (χ0n) is 8.66. The van der Waals surface area contributed by atoms with Gasteiger partial charge in [-0.15, -0.1) is 0 Å². The molecule has 0 amide bonds. The Morgan fingerprint density at radius 3 is 2.71 bits per heavy atom. The Balaban J connectivity index is 2.20. The minimum absolute atomic E-state index is 1.04. The summed E-state index contributed by atoms with van der Waals surface area (Å²) < 4.78 is 0. The van der Waals surface area contributed by atoms with E-state index in [-0.39, 0.29) is 0 Å². The number of nitrogens with zero attached hydrogens (tertiary/aromatic N) is 2. The topological polar surface area (TPSA) is 15.6 Å². The van der Waals surface area contributed by atoms with E-state index < -0.39 is 0 Å². The second kappa shape index (κ2) is 3.82. The summed E-state index contributed by atoms with van der Waals surface area (Å²) in [4.78, 5) is 6.80. The van der Waals surface area contributed by atoms with Crippen molar-refractivity contribution >= 4 is 6.21 Å². The van der Waals surface area contributed by atoms with Crippen LogP contribution in [-0.2, 0) is 0 Å². The average Bonchev–Trinajstić information content (AvgIpc) is 2.59. The lowest BCUT2D eigenvalue weighted by Gasteiger charge is -2.17. The van der Waals surface area contributed by atoms with Gasteiger partial charge in [-0.25, -0.2) is 4.99 Å². The molecule has 2 rings (SSSR count). The third-order valence-corrected chi connectivity index (χ3v) is 2.56. The van der Waals surface area contributed by atoms with E-state index in [0.29, 0.717) is 0 Å². The van der Waals surface area contributed by atoms with E-state index in [1.165, 1.54) is 18.4 Å². The van der Waals surface area contributed by atoms with E-state index in [1.54, 1.807) is 0 Å². The third-order valence-electron chi connectivity index (χ3n) is 2.56. The Hall–Kier alpha value is -1.31. The van der Waals surface area contributed by atoms with Crippen molar-refractivity contribution in [2.75, 3.05) is 13.1 Å². The van der Waals surface area contributed by atoms with E-state index >= 15 is 0 Å². The zero-order chi connectivity index (χ0) is 9.97. The molecular weight excluding hydrogens is 172 g/mol. The SMILES string of the molecule is C=C1C=C(C)C=NC(N2CCCC2)=C1. The molecule has 14 heavy (non-hydrogen) atoms. The number of allylic oxidation sites excluding steroid dienone is 4. The summed E-state index contributed by atoms with van der Waals surface area (Å²) in [6, 6.07) is 0. The van der Waals surface area contributed by atoms with Crippen molar-refractivity contribution in [1.82, 2.24) is 4.90 Å². The molecule has 2 heterocycles. The van der Waals surface area contributed by atoms with Crippen LogP contribution in [0.15, 0.2) is 40.7 Å². The molecule has 2 heteroatoms. The van der Waals surface area contributed by atoms with Gasteiger partial charge in [0, 0.05) is 19.3 Å². The van der Waals surface area contributed by atoms with E-state index in [0.717, 1.165) is 24.5 Å². The molecule has 0 aromatic rings. The van der Waals surface area contributed by atoms with Crippen LogP contribution in [0.4, 0.5) is 0 Å². The Kier molecular flexibility index (Phi) is 2.53. The van der Waals surface area contributed by atoms with Crippen molar-refractivity contribution in [3.63, 3.8) is 0 Å². The van der Waals surface area contributed by atoms with Crippen LogP contribution in [0.5, 0.6) is 0 Å². The summed E-state index contributed by atoms with van der Waals surface area (Å²) in [7, 11) is 0. The van der Waals surface area contributed by atoms with Crippen LogP contribution in [-0.4, -0.2) is 24.2 Å². The Bertz CT molecular complexity index is 328. The summed E-state index contributed by atoms with van der Waals surface area (Å²) >= 11 is 0. The Labute approximate surface area is 85.3 Å². The second-order valence-electron chi connectivity index (χ2n) is 3.92. The number of likely N-dealkylation sites (tertiary alicyclic amines) is 1. The fourth-order valence-electron chi connectivity index (χ4n) is 1.86. The average molecular weight is 188 g/mol. The predicted octanol–water partition coefficient (Wildman–Crippen LogP) is 2.51. The fourth-order valence-corrected chi connectivity index (χ4v) is 1.86. The molecule has 2 nitrogen and oxygen atoms in total. The number of hydrogen-bond acceptors (Lipinski definition) is 2. The lowest BCUT2D eigenvalue weighted by Crippen LogP contribution is -2.17. The van der Waals surface area contributed by atoms with Gasteiger partial charge in [-0.2, -0.15) is 0 Å². The lowest BCUT2D eigenvalue weighted by molar-refractivity contribution is 0.423. The molecule has 0 aromatic carbocycles. The fraction of sp³-hybridized carbons (Fsp3) is 0.417. The first-order valence-corrected chi connectivity index (χ1v) is 5.13. The van der Waals surface area contributed by atoms with Crippen molar-refractivity contribution in [3.8, 4) is 0 Å². The molecule has 2 aliphatic heterocycles. The molecule has 0 radical (unpaired) electrons. The van der Waals surface area contributed by atoms with Gasteiger partial charge in [0.1, 0.15) is 5.82 Å². The summed E-state index contributed by atoms with van der Waals surface area (Å²) in [5.41, 5.74) is 2.21. The van der Waals surface area contributed by atoms with E-state index in [4.69, 9.17) is 0 Å². The quantitative estimate of drug-likeness (QED) is 0.617. The maximum Gasteiger partial charge on any atom is 0.129 e. The summed E-state index contributed by atoms with van der Waals surface area (Å²) in [6.07, 6.45) is 8.62. The van der Waals surface area contributed by atoms with Crippen LogP contribution < -0.4 is 0 Å². The largest absolute Gasteiger partial charge is 0.357 e. The molecule has 0 atom stereocenters. The van der Waals surface area contributed by atoms with Gasteiger partial charge >= 0.3 is 0 Å². The molecule has 0 aliphatic carbocycles. The number of hydrogen-bond donors (Lipinski definition) is 0. The minimum Gasteiger partial charge on any atom is -0.357 e. The molecule has 0 N–H and O–H groups in total. The highest BCUT2D eigenvalue weighted by Crippen LogP contribution is 2.19. The highest BCUT2D eigenvalue weighted by Gasteiger charge is 2.14. The summed E-state index contributed by atoms with van der Waals surface area (Å²) in [6.45, 7) is 8.31. The van der Waals surface area contributed by atoms with Crippen molar-refractivity contribution < 1.29 is 0 Å². The van der Waals surface area contributed by atoms with Gasteiger partial charge in [0.15, 0.2) is 0 Å². The predicted molar refractivity (Wildman–Crippen MR) is 60.3 cm³/mol. The van der Waals surface area contributed by atoms with Gasteiger partial charge in [-0.05, 0) is 37.0 Å². The van der Waals surface area contributed by atoms with Crippen LogP contribution in [0.2, 0.25) is 0 Å². The van der Waals surface area contributed by atoms with Gasteiger partial charge in [0.05, 0.1) is 0 Å². The Morgan fingerprint density at radius 1 is 1.29 bits per heavy atom. The molecule has 74 valence electrons. The van der Waals surface area contributed by atoms with E-state index in [9.17, 15) is 0 Å². The minimum atomic E-state index is 1.04. The number of rotatable bonds is 1. The molecule has 1 saturated heterocycles. The van der Waals surface area contributed by atoms with Gasteiger partial charge in [-0.3, -0.25) is 0 Å². The van der Waals surface area contributed by atoms with Gasteiger partial charge < -0.3 is 4.90 Å². The highest BCUT2D eigenvalue weighted by atomic mass is 15.2. The maximum atomic E-state index is 4.47. The van der Waals surface area contributed by atoms with Gasteiger partial charge in [0.2, 0.25) is 0 Å². The molecule has 0 bridgehead atoms. The van der Waals surface area contributed by atoms with Crippen molar-refractivity contribution in [1.29, 1.82) is 0 Å². The van der Waals surface area contributed by atoms with E-state index in [1.807, 2.05) is 6.21 Å². The van der Waals surface area contributed by atoms with Crippen LogP contribution in [0.1, 0.15) is 19.8 Å². The van der Waals surface area contributed by atoms with Crippen molar-refractivity contribution in [2.24, 2.45) is 4.99 Å². The maximum absolute atomic E-state index is 4.47. The molecule has 0 aromatic heterocycles. The van der Waals surface area contributed by atoms with E-state index in [2.05, 4.69) is 35.5 Å². The molecule has 2 aliphatic rings. The lowest BCUT2D eigenvalue weighted by atomic mass is 10.2. The van der Waals surface area contributed by atoms with Gasteiger partial charge in [0.25, 0.3) is 0 Å². The molecule has 0 spiro atoms. The molecule has 0 unspecified atom stereocenters. The molecular formula is C12H16N2. The normalized spacial score (nSPS) is 22.1. The molecule has 0 saturated carbocycles. The van der Waals surface area contributed by atoms with Crippen LogP contribution >= 0.6 is 0 Å². The van der Waals surface area contributed by atoms with Crippen molar-refractivity contribution in [2.45, 2.75) is 19.8 Å². The summed E-state index contributed by atoms with van der Waals surface area (Å²) in [5, 5.41) is 0. The first-order chi connectivity index (χ1) is 6.75. The monoisotopic (exact) mass is 188 g/mol. The van der Waals surface area contributed by atoms with Gasteiger partial charge in [-0.1, -0.05) is 12.7 Å². The summed E-state index contributed by atoms with van der Waals surface area (Å²) in [5.74, 6) is 1.07. The third kappa shape index (κ3) is 1.95. The number of aliphatic imine (C=N–C) groups is 1. The Morgan fingerprint density at radius 2 is 2.00 bits per heavy atom. The van der Waals surface area contributed by atoms with Crippen LogP contribution in [0.25, 0.3) is 0 Å². The first-order valence-electron chi connectivity index (χ1n) is 5.13. The van der Waals surface area contributed by atoms with Crippen LogP contribution in [0.3, 0.4) is 0 Å². The highest BCUT2D eigenvalue weighted by molar-refractivity contribution is 5.80. The van der Waals surface area contributed by atoms with Crippen LogP contribution in [0, 0.1) is 0 Å². The zero-order valence-corrected chi connectivity index (χ0v) is 8.66. The standard InChI is InChI=1S/C12H16N2/c1-10-7-11(2)9-13-12(8-10)14-5-3-4-6-14/h7-9H,1,3-6H2,2H3. The van der Waals surface area contributed by atoms with Crippen molar-refractivity contribution in [3.05, 3.63) is 35.7 Å².